The van der Waals surface area contributed by atoms with Crippen LogP contribution in [0.4, 0.5) is 17.6 Å². The highest BCUT2D eigenvalue weighted by Gasteiger charge is 2.36. The van der Waals surface area contributed by atoms with Crippen molar-refractivity contribution in [3.05, 3.63) is 59.7 Å². The molecule has 0 saturated carbocycles. The molecular weight excluding hydrogens is 424 g/mol. The second-order valence-electron chi connectivity index (χ2n) is 5.94. The number of benzene rings is 2. The van der Waals surface area contributed by atoms with E-state index >= 15 is 0 Å². The smallest absolute Gasteiger partial charge is 0.207 e. The van der Waals surface area contributed by atoms with E-state index in [0.29, 0.717) is 12.1 Å². The van der Waals surface area contributed by atoms with Crippen LogP contribution in [0.2, 0.25) is 0 Å². The molecule has 12 heteroatoms. The molecule has 0 atom stereocenters. The van der Waals surface area contributed by atoms with Gasteiger partial charge in [-0.25, -0.2) is 34.4 Å². The number of halogens is 4. The van der Waals surface area contributed by atoms with E-state index in [9.17, 15) is 34.4 Å². The van der Waals surface area contributed by atoms with Gasteiger partial charge in [0.15, 0.2) is 17.5 Å². The molecular formula is C16H14F4N2O4S2. The molecule has 0 radical (unpaired) electrons. The summed E-state index contributed by atoms with van der Waals surface area (Å²) in [5.74, 6) is -6.01. The zero-order valence-corrected chi connectivity index (χ0v) is 15.8. The number of hydrogen-bond acceptors (Lipinski definition) is 4. The molecule has 152 valence electrons. The highest BCUT2D eigenvalue weighted by Crippen LogP contribution is 2.25. The Kier molecular flexibility index (Phi) is 5.49. The second-order valence-corrected chi connectivity index (χ2v) is 9.78. The van der Waals surface area contributed by atoms with Crippen molar-refractivity contribution in [1.82, 2.24) is 8.61 Å². The van der Waals surface area contributed by atoms with Crippen molar-refractivity contribution < 1.29 is 34.4 Å². The standard InChI is InChI=1S/C16H14F4N2O4S2/c17-11-2-1-3-12(10-11)27(23,24)21-6-8-22(9-7-21)28(25,26)14-5-4-13(18)15(19)16(14)20/h1-5,10H,6-9H2. The summed E-state index contributed by atoms with van der Waals surface area (Å²) < 4.78 is 105. The lowest BCUT2D eigenvalue weighted by molar-refractivity contribution is 0.271. The van der Waals surface area contributed by atoms with E-state index in [1.54, 1.807) is 0 Å². The molecule has 1 saturated heterocycles. The van der Waals surface area contributed by atoms with Gasteiger partial charge in [0.1, 0.15) is 10.7 Å². The fraction of sp³-hybridized carbons (Fsp3) is 0.250. The molecule has 6 nitrogen and oxygen atoms in total. The Labute approximate surface area is 159 Å². The number of hydrogen-bond donors (Lipinski definition) is 0. The fourth-order valence-electron chi connectivity index (χ4n) is 2.77. The van der Waals surface area contributed by atoms with Crippen LogP contribution in [0.25, 0.3) is 0 Å². The normalized spacial score (nSPS) is 17.0. The Bertz CT molecular complexity index is 1120. The molecule has 0 bridgehead atoms. The zero-order valence-electron chi connectivity index (χ0n) is 14.1. The molecule has 1 fully saturated rings. The van der Waals surface area contributed by atoms with Gasteiger partial charge >= 0.3 is 0 Å². The summed E-state index contributed by atoms with van der Waals surface area (Å²) in [7, 11) is -8.55. The van der Waals surface area contributed by atoms with E-state index in [4.69, 9.17) is 0 Å². The fourth-order valence-corrected chi connectivity index (χ4v) is 5.71. The van der Waals surface area contributed by atoms with Gasteiger partial charge in [0.2, 0.25) is 20.0 Å². The summed E-state index contributed by atoms with van der Waals surface area (Å²) in [6.07, 6.45) is 0. The first kappa shape index (κ1) is 20.7. The van der Waals surface area contributed by atoms with E-state index in [-0.39, 0.29) is 31.1 Å². The van der Waals surface area contributed by atoms with Crippen LogP contribution < -0.4 is 0 Å². The molecule has 1 aliphatic heterocycles. The molecule has 1 heterocycles. The van der Waals surface area contributed by atoms with Gasteiger partial charge in [-0.05, 0) is 30.3 Å². The SMILES string of the molecule is O=S(=O)(c1cccc(F)c1)N1CCN(S(=O)(=O)c2ccc(F)c(F)c2F)CC1. The molecule has 0 amide bonds. The van der Waals surface area contributed by atoms with Crippen molar-refractivity contribution in [2.45, 2.75) is 9.79 Å². The number of rotatable bonds is 4. The summed E-state index contributed by atoms with van der Waals surface area (Å²) in [5, 5.41) is 0. The van der Waals surface area contributed by atoms with Gasteiger partial charge in [-0.2, -0.15) is 8.61 Å². The lowest BCUT2D eigenvalue weighted by Crippen LogP contribution is -2.50. The highest BCUT2D eigenvalue weighted by atomic mass is 32.2. The third-order valence-electron chi connectivity index (χ3n) is 4.25. The van der Waals surface area contributed by atoms with Gasteiger partial charge < -0.3 is 0 Å². The second kappa shape index (κ2) is 7.43. The van der Waals surface area contributed by atoms with E-state index in [1.807, 2.05) is 0 Å². The van der Waals surface area contributed by atoms with E-state index in [2.05, 4.69) is 0 Å². The summed E-state index contributed by atoms with van der Waals surface area (Å²) in [4.78, 5) is -1.32. The first-order chi connectivity index (χ1) is 13.0. The maximum atomic E-state index is 13.9. The van der Waals surface area contributed by atoms with Gasteiger partial charge in [-0.15, -0.1) is 0 Å². The van der Waals surface area contributed by atoms with Gasteiger partial charge in [-0.1, -0.05) is 6.07 Å². The highest BCUT2D eigenvalue weighted by molar-refractivity contribution is 7.89. The third-order valence-corrected chi connectivity index (χ3v) is 8.06. The Balaban J connectivity index is 1.81. The Hall–Kier alpha value is -2.02. The van der Waals surface area contributed by atoms with Crippen molar-refractivity contribution in [3.63, 3.8) is 0 Å². The van der Waals surface area contributed by atoms with Crippen LogP contribution in [0, 0.1) is 23.3 Å². The monoisotopic (exact) mass is 438 g/mol. The van der Waals surface area contributed by atoms with Gasteiger partial charge in [-0.3, -0.25) is 0 Å². The van der Waals surface area contributed by atoms with Crippen LogP contribution in [-0.4, -0.2) is 51.6 Å². The van der Waals surface area contributed by atoms with E-state index in [0.717, 1.165) is 20.7 Å². The number of piperazine rings is 1. The van der Waals surface area contributed by atoms with Crippen LogP contribution in [0.3, 0.4) is 0 Å². The minimum atomic E-state index is -4.50. The van der Waals surface area contributed by atoms with Crippen molar-refractivity contribution in [1.29, 1.82) is 0 Å². The molecule has 1 aliphatic rings. The quantitative estimate of drug-likeness (QED) is 0.540. The first-order valence-corrected chi connectivity index (χ1v) is 10.8. The van der Waals surface area contributed by atoms with Crippen LogP contribution in [0.5, 0.6) is 0 Å². The Morgan fingerprint density at radius 2 is 1.29 bits per heavy atom. The summed E-state index contributed by atoms with van der Waals surface area (Å²) >= 11 is 0. The van der Waals surface area contributed by atoms with Crippen molar-refractivity contribution >= 4 is 20.0 Å². The molecule has 0 aliphatic carbocycles. The number of sulfonamides is 2. The van der Waals surface area contributed by atoms with Crippen molar-refractivity contribution in [2.75, 3.05) is 26.2 Å². The molecule has 28 heavy (non-hydrogen) atoms. The van der Waals surface area contributed by atoms with Crippen LogP contribution >= 0.6 is 0 Å². The maximum absolute atomic E-state index is 13.9. The molecule has 0 unspecified atom stereocenters. The third kappa shape index (κ3) is 3.64. The molecule has 3 rings (SSSR count). The average Bonchev–Trinajstić information content (AvgIpc) is 2.66. The molecule has 2 aromatic rings. The number of nitrogens with zero attached hydrogens (tertiary/aromatic N) is 2. The van der Waals surface area contributed by atoms with Crippen molar-refractivity contribution in [2.24, 2.45) is 0 Å². The van der Waals surface area contributed by atoms with Crippen LogP contribution in [-0.2, 0) is 20.0 Å². The first-order valence-electron chi connectivity index (χ1n) is 7.94. The van der Waals surface area contributed by atoms with Gasteiger partial charge in [0, 0.05) is 26.2 Å². The topological polar surface area (TPSA) is 74.8 Å². The Morgan fingerprint density at radius 3 is 1.86 bits per heavy atom. The van der Waals surface area contributed by atoms with E-state index in [1.165, 1.54) is 12.1 Å². The lowest BCUT2D eigenvalue weighted by atomic mass is 10.3. The predicted octanol–water partition coefficient (Wildman–Crippen LogP) is 1.94. The van der Waals surface area contributed by atoms with Crippen LogP contribution in [0.1, 0.15) is 0 Å². The van der Waals surface area contributed by atoms with Crippen molar-refractivity contribution in [3.8, 4) is 0 Å². The minimum Gasteiger partial charge on any atom is -0.207 e. The molecule has 0 spiro atoms. The van der Waals surface area contributed by atoms with E-state index < -0.39 is 48.2 Å². The average molecular weight is 438 g/mol. The maximum Gasteiger partial charge on any atom is 0.246 e. The Morgan fingerprint density at radius 1 is 0.714 bits per heavy atom. The summed E-state index contributed by atoms with van der Waals surface area (Å²) in [5.41, 5.74) is 0. The van der Waals surface area contributed by atoms with Gasteiger partial charge in [0.05, 0.1) is 4.90 Å². The molecule has 0 aromatic heterocycles. The zero-order chi connectivity index (χ0) is 20.7. The lowest BCUT2D eigenvalue weighted by Gasteiger charge is -2.33. The van der Waals surface area contributed by atoms with Crippen LogP contribution in [0.15, 0.2) is 46.2 Å². The molecule has 0 N–H and O–H groups in total. The summed E-state index contributed by atoms with van der Waals surface area (Å²) in [6, 6.07) is 5.47. The summed E-state index contributed by atoms with van der Waals surface area (Å²) in [6.45, 7) is -1.22. The predicted molar refractivity (Wildman–Crippen MR) is 90.2 cm³/mol. The largest absolute Gasteiger partial charge is 0.246 e. The minimum absolute atomic E-state index is 0.274. The van der Waals surface area contributed by atoms with Gasteiger partial charge in [0.25, 0.3) is 0 Å². The molecule has 2 aromatic carbocycles.